The zero-order valence-electron chi connectivity index (χ0n) is 21.7. The number of carbonyl (C=O) groups excluding carboxylic acids is 2. The maximum atomic E-state index is 13.3. The molecule has 0 saturated carbocycles. The van der Waals surface area contributed by atoms with Crippen LogP contribution in [0.4, 0.5) is 0 Å². The number of allylic oxidation sites excluding steroid dienone is 1. The number of likely N-dealkylation sites (tertiary alicyclic amines) is 1. The summed E-state index contributed by atoms with van der Waals surface area (Å²) in [5, 5.41) is 10.5. The van der Waals surface area contributed by atoms with Crippen LogP contribution in [-0.4, -0.2) is 59.8 Å². The van der Waals surface area contributed by atoms with Gasteiger partial charge in [-0.15, -0.1) is 0 Å². The number of phenols is 1. The molecule has 0 unspecified atom stereocenters. The van der Waals surface area contributed by atoms with Crippen molar-refractivity contribution in [3.8, 4) is 5.75 Å². The molecule has 5 rings (SSSR count). The first-order valence-corrected chi connectivity index (χ1v) is 14.0. The van der Waals surface area contributed by atoms with Gasteiger partial charge in [-0.2, -0.15) is 0 Å². The van der Waals surface area contributed by atoms with Crippen LogP contribution in [0, 0.1) is 17.8 Å². The molecule has 2 amide bonds. The Hall–Kier alpha value is -2.81. The molecule has 0 spiro atoms. The molecule has 3 aliphatic rings. The minimum absolute atomic E-state index is 0.0489. The van der Waals surface area contributed by atoms with Crippen LogP contribution in [0.3, 0.4) is 0 Å². The van der Waals surface area contributed by atoms with Crippen LogP contribution in [0.2, 0.25) is 0 Å². The Morgan fingerprint density at radius 1 is 1.24 bits per heavy atom. The molecule has 38 heavy (non-hydrogen) atoms. The Labute approximate surface area is 231 Å². The van der Waals surface area contributed by atoms with Gasteiger partial charge in [0.1, 0.15) is 5.75 Å². The number of imide groups is 1. The summed E-state index contributed by atoms with van der Waals surface area (Å²) < 4.78 is 12.8. The molecule has 2 aromatic rings. The fourth-order valence-corrected chi connectivity index (χ4v) is 6.61. The van der Waals surface area contributed by atoms with Crippen molar-refractivity contribution >= 4 is 39.4 Å². The van der Waals surface area contributed by atoms with E-state index in [1.54, 1.807) is 25.4 Å². The standard InChI is InChI=1S/C30H33BrN2O5/c1-3-12-33-29(35)22-15-20(16-37-2)27-23(28(22)30(33)36)17-38-26(27)10-7-18(24-6-4-5-11-32-24)13-19-14-21(31)8-9-25(19)34/h4-6,8-9,11,13-14,22-23,26,28,34H,3,7,10,12,15-17H2,1-2H3/b18-13-/t22-,23+,26-,28-/m1/s1. The highest BCUT2D eigenvalue weighted by Gasteiger charge is 2.56. The molecule has 1 aromatic carbocycles. The van der Waals surface area contributed by atoms with Crippen molar-refractivity contribution in [3.05, 3.63) is 69.5 Å². The van der Waals surface area contributed by atoms with E-state index in [0.29, 0.717) is 44.6 Å². The number of hydrogen-bond donors (Lipinski definition) is 1. The van der Waals surface area contributed by atoms with Crippen molar-refractivity contribution in [1.29, 1.82) is 0 Å². The van der Waals surface area contributed by atoms with Gasteiger partial charge in [-0.25, -0.2) is 0 Å². The minimum atomic E-state index is -0.348. The van der Waals surface area contributed by atoms with E-state index < -0.39 is 0 Å². The number of aromatic hydroxyl groups is 1. The van der Waals surface area contributed by atoms with Crippen molar-refractivity contribution in [2.75, 3.05) is 26.9 Å². The summed E-state index contributed by atoms with van der Waals surface area (Å²) in [5.41, 5.74) is 4.75. The summed E-state index contributed by atoms with van der Waals surface area (Å²) in [5.74, 6) is -0.670. The van der Waals surface area contributed by atoms with Gasteiger partial charge in [-0.3, -0.25) is 19.5 Å². The summed E-state index contributed by atoms with van der Waals surface area (Å²) in [6.07, 6.45) is 6.21. The van der Waals surface area contributed by atoms with Crippen LogP contribution in [0.1, 0.15) is 43.9 Å². The number of ether oxygens (including phenoxy) is 2. The van der Waals surface area contributed by atoms with Gasteiger partial charge in [0, 0.05) is 35.8 Å². The number of methoxy groups -OCH3 is 1. The van der Waals surface area contributed by atoms with Gasteiger partial charge >= 0.3 is 0 Å². The number of pyridine rings is 1. The Kier molecular flexibility index (Phi) is 8.12. The van der Waals surface area contributed by atoms with E-state index >= 15 is 0 Å². The van der Waals surface area contributed by atoms with Crippen molar-refractivity contribution in [2.45, 2.75) is 38.7 Å². The molecule has 4 atom stereocenters. The van der Waals surface area contributed by atoms with Gasteiger partial charge in [0.25, 0.3) is 0 Å². The fourth-order valence-electron chi connectivity index (χ4n) is 6.23. The molecular weight excluding hydrogens is 548 g/mol. The first-order chi connectivity index (χ1) is 18.4. The highest BCUT2D eigenvalue weighted by molar-refractivity contribution is 9.10. The molecule has 0 radical (unpaired) electrons. The van der Waals surface area contributed by atoms with Gasteiger partial charge in [0.05, 0.1) is 36.8 Å². The molecule has 2 saturated heterocycles. The molecule has 2 aliphatic heterocycles. The van der Waals surface area contributed by atoms with Crippen molar-refractivity contribution in [2.24, 2.45) is 17.8 Å². The number of rotatable bonds is 9. The highest BCUT2D eigenvalue weighted by atomic mass is 79.9. The SMILES string of the molecule is CCCN1C(=O)[C@@H]2[C@@H](CC(COC)=C3[C@@H](CC/C(=C/c4cc(Br)ccc4O)c4ccccn4)OC[C@@H]32)C1=O. The van der Waals surface area contributed by atoms with E-state index in [1.807, 2.05) is 37.3 Å². The fraction of sp³-hybridized carbons (Fsp3) is 0.433. The van der Waals surface area contributed by atoms with E-state index in [9.17, 15) is 14.7 Å². The predicted octanol–water partition coefficient (Wildman–Crippen LogP) is 5.24. The number of fused-ring (bicyclic) bond motifs is 3. The van der Waals surface area contributed by atoms with Gasteiger partial charge in [-0.1, -0.05) is 28.9 Å². The van der Waals surface area contributed by atoms with E-state index in [1.165, 1.54) is 4.90 Å². The summed E-state index contributed by atoms with van der Waals surface area (Å²) in [7, 11) is 1.66. The second-order valence-electron chi connectivity index (χ2n) is 10.2. The van der Waals surface area contributed by atoms with Crippen LogP contribution < -0.4 is 0 Å². The number of phenolic OH excluding ortho intramolecular Hbond substituents is 1. The molecule has 7 nitrogen and oxygen atoms in total. The molecular formula is C30H33BrN2O5. The van der Waals surface area contributed by atoms with Crippen LogP contribution in [0.15, 0.2) is 58.2 Å². The van der Waals surface area contributed by atoms with E-state index in [4.69, 9.17) is 9.47 Å². The zero-order chi connectivity index (χ0) is 26.8. The Bertz CT molecular complexity index is 1270. The summed E-state index contributed by atoms with van der Waals surface area (Å²) >= 11 is 3.49. The number of hydrogen-bond acceptors (Lipinski definition) is 6. The first kappa shape index (κ1) is 26.8. The normalized spacial score (nSPS) is 25.2. The number of aromatic nitrogens is 1. The van der Waals surface area contributed by atoms with Gasteiger partial charge in [0.15, 0.2) is 0 Å². The monoisotopic (exact) mass is 580 g/mol. The lowest BCUT2D eigenvalue weighted by Gasteiger charge is -2.31. The summed E-state index contributed by atoms with van der Waals surface area (Å²) in [4.78, 5) is 32.5. The van der Waals surface area contributed by atoms with E-state index in [0.717, 1.165) is 33.3 Å². The predicted molar refractivity (Wildman–Crippen MR) is 148 cm³/mol. The number of carbonyl (C=O) groups is 2. The molecule has 8 heteroatoms. The quantitative estimate of drug-likeness (QED) is 0.322. The van der Waals surface area contributed by atoms with Crippen molar-refractivity contribution in [3.63, 3.8) is 0 Å². The lowest BCUT2D eigenvalue weighted by molar-refractivity contribution is -0.140. The third-order valence-electron chi connectivity index (χ3n) is 7.85. The molecule has 200 valence electrons. The Balaban J connectivity index is 1.43. The van der Waals surface area contributed by atoms with E-state index in [-0.39, 0.29) is 41.4 Å². The number of benzene rings is 1. The molecule has 0 bridgehead atoms. The smallest absolute Gasteiger partial charge is 0.233 e. The average Bonchev–Trinajstić information content (AvgIpc) is 3.44. The summed E-state index contributed by atoms with van der Waals surface area (Å²) in [6.45, 7) is 3.32. The van der Waals surface area contributed by atoms with Crippen LogP contribution >= 0.6 is 15.9 Å². The molecule has 1 N–H and O–H groups in total. The maximum Gasteiger partial charge on any atom is 0.233 e. The molecule has 3 heterocycles. The Morgan fingerprint density at radius 2 is 2.08 bits per heavy atom. The number of halogens is 1. The Morgan fingerprint density at radius 3 is 2.82 bits per heavy atom. The second kappa shape index (κ2) is 11.5. The molecule has 1 aromatic heterocycles. The molecule has 2 fully saturated rings. The van der Waals surface area contributed by atoms with Gasteiger partial charge < -0.3 is 14.6 Å². The van der Waals surface area contributed by atoms with Gasteiger partial charge in [0.2, 0.25) is 11.8 Å². The maximum absolute atomic E-state index is 13.3. The molecule has 1 aliphatic carbocycles. The van der Waals surface area contributed by atoms with Crippen LogP contribution in [0.5, 0.6) is 5.75 Å². The number of amides is 2. The van der Waals surface area contributed by atoms with Crippen LogP contribution in [-0.2, 0) is 19.1 Å². The summed E-state index contributed by atoms with van der Waals surface area (Å²) in [6, 6.07) is 11.1. The average molecular weight is 582 g/mol. The zero-order valence-corrected chi connectivity index (χ0v) is 23.3. The lowest BCUT2D eigenvalue weighted by atomic mass is 9.69. The third kappa shape index (κ3) is 5.09. The number of nitrogens with zero attached hydrogens (tertiary/aromatic N) is 2. The second-order valence-corrected chi connectivity index (χ2v) is 11.1. The van der Waals surface area contributed by atoms with E-state index in [2.05, 4.69) is 20.9 Å². The van der Waals surface area contributed by atoms with Crippen molar-refractivity contribution in [1.82, 2.24) is 9.88 Å². The van der Waals surface area contributed by atoms with Crippen molar-refractivity contribution < 1.29 is 24.2 Å². The largest absolute Gasteiger partial charge is 0.507 e. The van der Waals surface area contributed by atoms with Crippen LogP contribution in [0.25, 0.3) is 11.6 Å². The third-order valence-corrected chi connectivity index (χ3v) is 8.35. The van der Waals surface area contributed by atoms with Gasteiger partial charge in [-0.05, 0) is 78.8 Å². The highest BCUT2D eigenvalue weighted by Crippen LogP contribution is 2.50. The lowest BCUT2D eigenvalue weighted by Crippen LogP contribution is -2.35. The first-order valence-electron chi connectivity index (χ1n) is 13.2. The topological polar surface area (TPSA) is 89.0 Å². The minimum Gasteiger partial charge on any atom is -0.507 e.